The van der Waals surface area contributed by atoms with Crippen molar-refractivity contribution in [1.29, 1.82) is 0 Å². The number of morpholine rings is 1. The molecule has 5 N–H and O–H groups in total. The van der Waals surface area contributed by atoms with Crippen molar-refractivity contribution in [2.24, 2.45) is 5.73 Å². The van der Waals surface area contributed by atoms with E-state index in [1.54, 1.807) is 41.3 Å². The van der Waals surface area contributed by atoms with Crippen molar-refractivity contribution in [1.82, 2.24) is 25.4 Å². The van der Waals surface area contributed by atoms with Gasteiger partial charge < -0.3 is 30.9 Å². The zero-order valence-electron chi connectivity index (χ0n) is 23.0. The molecule has 13 nitrogen and oxygen atoms in total. The number of hydrogen-bond donors (Lipinski definition) is 4. The number of rotatable bonds is 8. The van der Waals surface area contributed by atoms with E-state index in [2.05, 4.69) is 31.0 Å². The van der Waals surface area contributed by atoms with Crippen LogP contribution in [-0.2, 0) is 4.74 Å². The molecule has 4 amide bonds. The van der Waals surface area contributed by atoms with Crippen LogP contribution < -0.4 is 26.6 Å². The maximum atomic E-state index is 12.8. The van der Waals surface area contributed by atoms with Gasteiger partial charge in [0.05, 0.1) is 18.8 Å². The minimum atomic E-state index is -0.605. The van der Waals surface area contributed by atoms with Crippen LogP contribution in [-0.4, -0.2) is 83.4 Å². The lowest BCUT2D eigenvalue weighted by molar-refractivity contribution is 0.0303. The van der Waals surface area contributed by atoms with Gasteiger partial charge in [0.2, 0.25) is 5.13 Å². The number of amides is 4. The van der Waals surface area contributed by atoms with Crippen LogP contribution in [0.3, 0.4) is 0 Å². The van der Waals surface area contributed by atoms with Crippen molar-refractivity contribution < 1.29 is 19.1 Å². The molecule has 2 aromatic heterocycles. The van der Waals surface area contributed by atoms with E-state index in [1.807, 2.05) is 0 Å². The summed E-state index contributed by atoms with van der Waals surface area (Å²) in [6, 6.07) is 10.0. The second kappa shape index (κ2) is 12.3. The number of piperidine rings is 1. The Hall–Kier alpha value is -4.30. The molecule has 0 radical (unpaired) electrons. The van der Waals surface area contributed by atoms with Gasteiger partial charge in [-0.2, -0.15) is 0 Å². The number of benzene rings is 1. The van der Waals surface area contributed by atoms with E-state index in [-0.39, 0.29) is 23.5 Å². The third kappa shape index (κ3) is 6.60. The molecule has 0 bridgehead atoms. The fraction of sp³-hybridized carbons (Fsp3) is 0.429. The molecule has 1 aliphatic carbocycles. The largest absolute Gasteiger partial charge is 0.378 e. The average molecular weight is 592 g/mol. The van der Waals surface area contributed by atoms with E-state index in [0.29, 0.717) is 66.8 Å². The number of ether oxygens (including phenoxy) is 1. The lowest BCUT2D eigenvalue weighted by Crippen LogP contribution is -2.49. The fourth-order valence-electron chi connectivity index (χ4n) is 5.10. The van der Waals surface area contributed by atoms with Crippen molar-refractivity contribution in [2.75, 3.05) is 54.9 Å². The van der Waals surface area contributed by atoms with E-state index in [1.165, 1.54) is 11.3 Å². The molecule has 1 saturated carbocycles. The highest BCUT2D eigenvalue weighted by molar-refractivity contribution is 7.15. The predicted molar refractivity (Wildman–Crippen MR) is 158 cm³/mol. The zero-order valence-corrected chi connectivity index (χ0v) is 23.9. The van der Waals surface area contributed by atoms with Gasteiger partial charge in [0.15, 0.2) is 0 Å². The van der Waals surface area contributed by atoms with Gasteiger partial charge in [0.25, 0.3) is 11.8 Å². The molecule has 1 aromatic carbocycles. The number of primary amides is 1. The molecule has 2 aliphatic heterocycles. The Morgan fingerprint density at radius 1 is 0.976 bits per heavy atom. The van der Waals surface area contributed by atoms with E-state index < -0.39 is 5.91 Å². The summed E-state index contributed by atoms with van der Waals surface area (Å²) in [6.45, 7) is 3.52. The summed E-state index contributed by atoms with van der Waals surface area (Å²) in [6.07, 6.45) is 3.95. The molecule has 3 fully saturated rings. The summed E-state index contributed by atoms with van der Waals surface area (Å²) < 4.78 is 5.33. The monoisotopic (exact) mass is 591 g/mol. The molecule has 6 rings (SSSR count). The molecule has 2 saturated heterocycles. The number of hydrogen-bond acceptors (Lipinski definition) is 10. The molecule has 14 heteroatoms. The maximum absolute atomic E-state index is 12.8. The third-order valence-corrected chi connectivity index (χ3v) is 8.51. The summed E-state index contributed by atoms with van der Waals surface area (Å²) >= 11 is 1.42. The van der Waals surface area contributed by atoms with E-state index in [0.717, 1.165) is 37.2 Å². The topological polar surface area (TPSA) is 168 Å². The Bertz CT molecular complexity index is 1450. The van der Waals surface area contributed by atoms with Crippen LogP contribution in [0.1, 0.15) is 57.3 Å². The average Bonchev–Trinajstić information content (AvgIpc) is 3.76. The Balaban J connectivity index is 1.10. The molecular formula is C28H33N9O4S. The van der Waals surface area contributed by atoms with E-state index in [4.69, 9.17) is 15.5 Å². The summed E-state index contributed by atoms with van der Waals surface area (Å²) in [5, 5.41) is 18.8. The Morgan fingerprint density at radius 2 is 1.76 bits per heavy atom. The van der Waals surface area contributed by atoms with Gasteiger partial charge in [-0.25, -0.2) is 9.78 Å². The zero-order chi connectivity index (χ0) is 29.1. The van der Waals surface area contributed by atoms with Crippen LogP contribution >= 0.6 is 11.3 Å². The number of anilines is 4. The molecule has 0 spiro atoms. The maximum Gasteiger partial charge on any atom is 0.321 e. The molecule has 4 heterocycles. The molecule has 220 valence electrons. The first-order valence-corrected chi connectivity index (χ1v) is 15.0. The van der Waals surface area contributed by atoms with Crippen LogP contribution in [0.25, 0.3) is 0 Å². The van der Waals surface area contributed by atoms with Crippen molar-refractivity contribution in [3.63, 3.8) is 0 Å². The van der Waals surface area contributed by atoms with Crippen molar-refractivity contribution in [2.45, 2.75) is 37.6 Å². The van der Waals surface area contributed by atoms with Crippen LogP contribution in [0.15, 0.2) is 36.4 Å². The quantitative estimate of drug-likeness (QED) is 0.308. The number of carbonyl (C=O) groups excluding carboxylic acids is 3. The lowest BCUT2D eigenvalue weighted by Gasteiger charge is -2.34. The number of nitrogens with one attached hydrogen (secondary N) is 3. The number of nitrogens with two attached hydrogens (primary N) is 1. The lowest BCUT2D eigenvalue weighted by atomic mass is 10.1. The van der Waals surface area contributed by atoms with Gasteiger partial charge in [-0.1, -0.05) is 11.3 Å². The molecule has 3 aliphatic rings. The predicted octanol–water partition coefficient (Wildman–Crippen LogP) is 2.92. The fourth-order valence-corrected chi connectivity index (χ4v) is 6.01. The summed E-state index contributed by atoms with van der Waals surface area (Å²) in [5.41, 5.74) is 7.14. The molecular weight excluding hydrogens is 558 g/mol. The highest BCUT2D eigenvalue weighted by atomic mass is 32.1. The van der Waals surface area contributed by atoms with Crippen LogP contribution in [0.2, 0.25) is 0 Å². The van der Waals surface area contributed by atoms with Gasteiger partial charge in [-0.15, -0.1) is 10.2 Å². The molecule has 1 atom stereocenters. The molecule has 3 aromatic rings. The number of urea groups is 1. The van der Waals surface area contributed by atoms with Crippen LogP contribution in [0.5, 0.6) is 0 Å². The van der Waals surface area contributed by atoms with Crippen LogP contribution in [0.4, 0.5) is 27.2 Å². The second-order valence-corrected chi connectivity index (χ2v) is 11.6. The Labute approximate surface area is 246 Å². The van der Waals surface area contributed by atoms with Crippen molar-refractivity contribution in [3.8, 4) is 0 Å². The van der Waals surface area contributed by atoms with Crippen molar-refractivity contribution in [3.05, 3.63) is 52.5 Å². The minimum Gasteiger partial charge on any atom is -0.378 e. The van der Waals surface area contributed by atoms with Gasteiger partial charge in [0.1, 0.15) is 16.6 Å². The standard InChI is InChI=1S/C28H33N9O4S/c29-23(38)21-9-10-22(32-24(21)30-19-7-5-18(6-8-19)26(39)36-12-14-41-15-13-36)37-11-1-2-20(16-37)31-27(40)33-28-35-34-25(42-28)17-3-4-17/h5-10,17,20H,1-4,11-16H2,(H2,29,38)(H,30,32)(H2,31,33,35,40). The number of carbonyl (C=O) groups is 3. The molecule has 1 unspecified atom stereocenters. The van der Waals surface area contributed by atoms with Gasteiger partial charge >= 0.3 is 6.03 Å². The number of nitrogens with zero attached hydrogens (tertiary/aromatic N) is 5. The van der Waals surface area contributed by atoms with Crippen molar-refractivity contribution >= 4 is 51.6 Å². The summed E-state index contributed by atoms with van der Waals surface area (Å²) in [4.78, 5) is 46.2. The SMILES string of the molecule is NC(=O)c1ccc(N2CCCC(NC(=O)Nc3nnc(C4CC4)s3)C2)nc1Nc1ccc(C(=O)N2CCOCC2)cc1. The highest BCUT2D eigenvalue weighted by Crippen LogP contribution is 2.42. The molecule has 42 heavy (non-hydrogen) atoms. The van der Waals surface area contributed by atoms with Gasteiger partial charge in [-0.3, -0.25) is 14.9 Å². The van der Waals surface area contributed by atoms with E-state index >= 15 is 0 Å². The Morgan fingerprint density at radius 3 is 2.50 bits per heavy atom. The highest BCUT2D eigenvalue weighted by Gasteiger charge is 2.28. The van der Waals surface area contributed by atoms with Gasteiger partial charge in [-0.05, 0) is 62.1 Å². The first kappa shape index (κ1) is 27.8. The first-order valence-electron chi connectivity index (χ1n) is 14.1. The Kier molecular flexibility index (Phi) is 8.15. The van der Waals surface area contributed by atoms with E-state index in [9.17, 15) is 14.4 Å². The summed E-state index contributed by atoms with van der Waals surface area (Å²) in [5.74, 6) is 0.822. The summed E-state index contributed by atoms with van der Waals surface area (Å²) in [7, 11) is 0. The number of aromatic nitrogens is 3. The van der Waals surface area contributed by atoms with Crippen LogP contribution in [0, 0.1) is 0 Å². The number of pyridine rings is 1. The third-order valence-electron chi connectivity index (χ3n) is 7.51. The first-order chi connectivity index (χ1) is 20.4. The van der Waals surface area contributed by atoms with Gasteiger partial charge in [0, 0.05) is 49.4 Å². The normalized spacial score (nSPS) is 18.8. The minimum absolute atomic E-state index is 0.0453. The second-order valence-electron chi connectivity index (χ2n) is 10.6. The smallest absolute Gasteiger partial charge is 0.321 e.